The maximum Gasteiger partial charge on any atom is 0.230 e. The maximum atomic E-state index is 13.7. The third kappa shape index (κ3) is 3.19. The molecule has 0 N–H and O–H groups in total. The van der Waals surface area contributed by atoms with Crippen LogP contribution in [-0.2, 0) is 18.3 Å². The normalized spacial score (nSPS) is 23.1. The van der Waals surface area contributed by atoms with Crippen LogP contribution in [0.2, 0.25) is 5.02 Å². The summed E-state index contributed by atoms with van der Waals surface area (Å²) in [6.45, 7) is 1.32. The molecule has 6 rings (SSSR count). The number of hydrogen-bond acceptors (Lipinski definition) is 6. The number of fused-ring (bicyclic) bond motifs is 2. The highest BCUT2D eigenvalue weighted by Gasteiger charge is 2.51. The minimum atomic E-state index is -0.520. The van der Waals surface area contributed by atoms with Gasteiger partial charge in [0.05, 0.1) is 11.4 Å². The highest BCUT2D eigenvalue weighted by Crippen LogP contribution is 2.51. The standard InChI is InChI=1S/C19H18ClFN6O2/c1-26-15(22-9-23-26)6-16(28)27-7-11-4-12(8-27)17(11)19-24-18(25-29-19)10-2-3-13(20)14(21)5-10/h2-3,5,9,11-12,17H,4,6-8H2,1H3/t11-,12+,17?. The van der Waals surface area contributed by atoms with Gasteiger partial charge in [-0.1, -0.05) is 16.8 Å². The van der Waals surface area contributed by atoms with Gasteiger partial charge in [0.15, 0.2) is 0 Å². The maximum absolute atomic E-state index is 13.7. The first kappa shape index (κ1) is 18.2. The lowest BCUT2D eigenvalue weighted by molar-refractivity contribution is -0.139. The van der Waals surface area contributed by atoms with Crippen LogP contribution in [0.1, 0.15) is 24.1 Å². The van der Waals surface area contributed by atoms with Crippen molar-refractivity contribution in [3.63, 3.8) is 0 Å². The Morgan fingerprint density at radius 2 is 2.14 bits per heavy atom. The summed E-state index contributed by atoms with van der Waals surface area (Å²) in [5.41, 5.74) is 0.520. The Morgan fingerprint density at radius 3 is 2.83 bits per heavy atom. The molecule has 2 saturated heterocycles. The predicted octanol–water partition coefficient (Wildman–Crippen LogP) is 2.46. The van der Waals surface area contributed by atoms with E-state index in [1.165, 1.54) is 18.5 Å². The van der Waals surface area contributed by atoms with E-state index in [1.807, 2.05) is 4.90 Å². The Hall–Kier alpha value is -2.81. The van der Waals surface area contributed by atoms with Crippen LogP contribution in [0.4, 0.5) is 4.39 Å². The van der Waals surface area contributed by atoms with E-state index in [0.29, 0.717) is 36.2 Å². The zero-order chi connectivity index (χ0) is 20.1. The summed E-state index contributed by atoms with van der Waals surface area (Å²) in [6.07, 6.45) is 2.73. The van der Waals surface area contributed by atoms with Crippen LogP contribution in [0.5, 0.6) is 0 Å². The van der Waals surface area contributed by atoms with Crippen molar-refractivity contribution >= 4 is 17.5 Å². The topological polar surface area (TPSA) is 89.9 Å². The van der Waals surface area contributed by atoms with Gasteiger partial charge in [-0.05, 0) is 36.5 Å². The van der Waals surface area contributed by atoms with Gasteiger partial charge in [0.25, 0.3) is 0 Å². The van der Waals surface area contributed by atoms with Crippen LogP contribution in [0.25, 0.3) is 11.4 Å². The minimum absolute atomic E-state index is 0.0528. The van der Waals surface area contributed by atoms with E-state index in [1.54, 1.807) is 17.8 Å². The van der Waals surface area contributed by atoms with E-state index in [2.05, 4.69) is 20.2 Å². The monoisotopic (exact) mass is 416 g/mol. The molecule has 1 aromatic carbocycles. The number of amides is 1. The molecule has 3 aliphatic rings. The van der Waals surface area contributed by atoms with Crippen molar-refractivity contribution in [3.8, 4) is 11.4 Å². The molecule has 1 saturated carbocycles. The zero-order valence-corrected chi connectivity index (χ0v) is 16.4. The van der Waals surface area contributed by atoms with Crippen molar-refractivity contribution < 1.29 is 13.7 Å². The molecule has 3 aromatic rings. The van der Waals surface area contributed by atoms with Crippen LogP contribution in [0.15, 0.2) is 29.0 Å². The Labute approximate surface area is 170 Å². The fourth-order valence-electron chi connectivity index (χ4n) is 4.35. The van der Waals surface area contributed by atoms with Crippen LogP contribution in [0.3, 0.4) is 0 Å². The second-order valence-corrected chi connectivity index (χ2v) is 8.05. The third-order valence-electron chi connectivity index (χ3n) is 5.90. The molecule has 3 fully saturated rings. The van der Waals surface area contributed by atoms with E-state index in [9.17, 15) is 9.18 Å². The first-order valence-corrected chi connectivity index (χ1v) is 9.77. The zero-order valence-electron chi connectivity index (χ0n) is 15.6. The van der Waals surface area contributed by atoms with Gasteiger partial charge in [-0.15, -0.1) is 0 Å². The molecule has 0 spiro atoms. The van der Waals surface area contributed by atoms with Gasteiger partial charge in [-0.2, -0.15) is 10.1 Å². The van der Waals surface area contributed by atoms with Crippen LogP contribution >= 0.6 is 11.6 Å². The quantitative estimate of drug-likeness (QED) is 0.649. The summed E-state index contributed by atoms with van der Waals surface area (Å²) < 4.78 is 20.8. The number of aromatic nitrogens is 5. The number of hydrogen-bond donors (Lipinski definition) is 0. The van der Waals surface area contributed by atoms with Crippen molar-refractivity contribution in [2.45, 2.75) is 18.8 Å². The van der Waals surface area contributed by atoms with Crippen molar-refractivity contribution in [1.29, 1.82) is 0 Å². The SMILES string of the molecule is Cn1ncnc1CC(=O)N1C[C@H]2C[C@@H](C1)C2c1nc(-c2ccc(Cl)c(F)c2)no1. The summed E-state index contributed by atoms with van der Waals surface area (Å²) in [4.78, 5) is 23.1. The van der Waals surface area contributed by atoms with E-state index in [-0.39, 0.29) is 35.1 Å². The van der Waals surface area contributed by atoms with E-state index >= 15 is 0 Å². The van der Waals surface area contributed by atoms with Crippen molar-refractivity contribution in [1.82, 2.24) is 29.8 Å². The lowest BCUT2D eigenvalue weighted by atomic mass is 9.61. The first-order valence-electron chi connectivity index (χ1n) is 9.39. The van der Waals surface area contributed by atoms with Gasteiger partial charge in [0.1, 0.15) is 18.0 Å². The Kier molecular flexibility index (Phi) is 4.34. The van der Waals surface area contributed by atoms with Crippen molar-refractivity contribution in [2.75, 3.05) is 13.1 Å². The Bertz CT molecular complexity index is 1070. The molecule has 2 aromatic heterocycles. The molecule has 150 valence electrons. The largest absolute Gasteiger partial charge is 0.342 e. The summed E-state index contributed by atoms with van der Waals surface area (Å²) in [5.74, 6) is 1.78. The van der Waals surface area contributed by atoms with Gasteiger partial charge in [0, 0.05) is 31.6 Å². The predicted molar refractivity (Wildman–Crippen MR) is 100 cm³/mol. The summed E-state index contributed by atoms with van der Waals surface area (Å²) in [5, 5.41) is 8.06. The molecule has 1 amide bonds. The Balaban J connectivity index is 1.27. The second kappa shape index (κ2) is 6.91. The summed E-state index contributed by atoms with van der Waals surface area (Å²) >= 11 is 5.73. The van der Waals surface area contributed by atoms with Crippen molar-refractivity contribution in [2.24, 2.45) is 18.9 Å². The second-order valence-electron chi connectivity index (χ2n) is 7.64. The molecule has 1 aliphatic carbocycles. The van der Waals surface area contributed by atoms with E-state index in [0.717, 1.165) is 6.42 Å². The number of carbonyl (C=O) groups excluding carboxylic acids is 1. The van der Waals surface area contributed by atoms with Crippen LogP contribution < -0.4 is 0 Å². The number of halogens is 2. The number of carbonyl (C=O) groups is 1. The smallest absolute Gasteiger partial charge is 0.230 e. The molecule has 29 heavy (non-hydrogen) atoms. The number of rotatable bonds is 4. The summed E-state index contributed by atoms with van der Waals surface area (Å²) in [7, 11) is 1.78. The fourth-order valence-corrected chi connectivity index (χ4v) is 4.46. The molecule has 4 heterocycles. The van der Waals surface area contributed by atoms with Gasteiger partial charge in [0.2, 0.25) is 17.6 Å². The van der Waals surface area contributed by atoms with E-state index < -0.39 is 5.82 Å². The van der Waals surface area contributed by atoms with Crippen LogP contribution in [-0.4, -0.2) is 48.8 Å². The van der Waals surface area contributed by atoms with Gasteiger partial charge >= 0.3 is 0 Å². The van der Waals surface area contributed by atoms with Gasteiger partial charge in [-0.25, -0.2) is 9.37 Å². The molecule has 10 heteroatoms. The third-order valence-corrected chi connectivity index (χ3v) is 6.21. The molecule has 2 bridgehead atoms. The number of nitrogens with zero attached hydrogens (tertiary/aromatic N) is 6. The average Bonchev–Trinajstić information content (AvgIpc) is 3.33. The fraction of sp³-hybridized carbons (Fsp3) is 0.421. The van der Waals surface area contributed by atoms with E-state index in [4.69, 9.17) is 16.1 Å². The Morgan fingerprint density at radius 1 is 1.34 bits per heavy atom. The van der Waals surface area contributed by atoms with Gasteiger partial charge in [-0.3, -0.25) is 9.48 Å². The number of aryl methyl sites for hydroxylation is 1. The first-order chi connectivity index (χ1) is 14.0. The lowest BCUT2D eigenvalue weighted by Crippen LogP contribution is -2.56. The molecule has 2 aliphatic heterocycles. The molecule has 3 atom stereocenters. The summed E-state index contributed by atoms with van der Waals surface area (Å²) in [6, 6.07) is 4.43. The van der Waals surface area contributed by atoms with Crippen molar-refractivity contribution in [3.05, 3.63) is 47.1 Å². The van der Waals surface area contributed by atoms with Crippen LogP contribution in [0, 0.1) is 17.7 Å². The molecule has 0 radical (unpaired) electrons. The number of benzene rings is 1. The average molecular weight is 417 g/mol. The van der Waals surface area contributed by atoms with Gasteiger partial charge < -0.3 is 9.42 Å². The highest BCUT2D eigenvalue weighted by molar-refractivity contribution is 6.30. The minimum Gasteiger partial charge on any atom is -0.342 e. The molecule has 1 unspecified atom stereocenters. The molecular formula is C19H18ClFN6O2. The highest BCUT2D eigenvalue weighted by atomic mass is 35.5. The lowest BCUT2D eigenvalue weighted by Gasteiger charge is -2.52. The molecular weight excluding hydrogens is 399 g/mol. The number of piperidine rings is 2. The molecule has 8 nitrogen and oxygen atoms in total.